The Morgan fingerprint density at radius 2 is 2.29 bits per heavy atom. The number of hydrogen-bond donors (Lipinski definition) is 0. The molecule has 0 amide bonds. The van der Waals surface area contributed by atoms with Crippen LogP contribution >= 0.6 is 0 Å². The van der Waals surface area contributed by atoms with Crippen LogP contribution in [0.5, 0.6) is 0 Å². The third-order valence-electron chi connectivity index (χ3n) is 3.13. The first kappa shape index (κ1) is 7.97. The summed E-state index contributed by atoms with van der Waals surface area (Å²) in [6.07, 6.45) is 6.16. The molecule has 2 aromatic rings. The van der Waals surface area contributed by atoms with Crippen molar-refractivity contribution in [3.8, 4) is 0 Å². The Morgan fingerprint density at radius 3 is 3.14 bits per heavy atom. The van der Waals surface area contributed by atoms with Crippen molar-refractivity contribution in [2.75, 3.05) is 0 Å². The van der Waals surface area contributed by atoms with Crippen LogP contribution in [0.4, 0.5) is 0 Å². The van der Waals surface area contributed by atoms with E-state index >= 15 is 0 Å². The lowest BCUT2D eigenvalue weighted by Crippen LogP contribution is -2.12. The first-order valence-electron chi connectivity index (χ1n) is 5.01. The smallest absolute Gasteiger partial charge is 0.234 e. The summed E-state index contributed by atoms with van der Waals surface area (Å²) in [7, 11) is 0. The molecular formula is C11H13N3. The third kappa shape index (κ3) is 0.870. The fourth-order valence-electron chi connectivity index (χ4n) is 2.27. The molecule has 3 nitrogen and oxygen atoms in total. The van der Waals surface area contributed by atoms with Crippen molar-refractivity contribution in [1.29, 1.82) is 0 Å². The summed E-state index contributed by atoms with van der Waals surface area (Å²) in [6, 6.07) is 1.96. The van der Waals surface area contributed by atoms with Crippen LogP contribution in [0.3, 0.4) is 0 Å². The number of rotatable bonds is 0. The molecule has 14 heavy (non-hydrogen) atoms. The predicted molar refractivity (Wildman–Crippen MR) is 54.3 cm³/mol. The van der Waals surface area contributed by atoms with Gasteiger partial charge < -0.3 is 0 Å². The second kappa shape index (κ2) is 2.35. The quantitative estimate of drug-likeness (QED) is 0.631. The Kier molecular flexibility index (Phi) is 1.34. The number of imidazole rings is 1. The van der Waals surface area contributed by atoms with Gasteiger partial charge in [-0.05, 0) is 18.9 Å². The second-order valence-electron chi connectivity index (χ2n) is 4.58. The molecule has 0 aliphatic heterocycles. The van der Waals surface area contributed by atoms with Gasteiger partial charge in [0.2, 0.25) is 5.78 Å². The van der Waals surface area contributed by atoms with Gasteiger partial charge in [-0.1, -0.05) is 13.8 Å². The first-order chi connectivity index (χ1) is 6.68. The molecule has 0 unspecified atom stereocenters. The van der Waals surface area contributed by atoms with Gasteiger partial charge in [-0.25, -0.2) is 9.97 Å². The highest BCUT2D eigenvalue weighted by Gasteiger charge is 2.34. The summed E-state index contributed by atoms with van der Waals surface area (Å²) >= 11 is 0. The van der Waals surface area contributed by atoms with E-state index in [0.717, 1.165) is 12.2 Å². The van der Waals surface area contributed by atoms with E-state index in [2.05, 4.69) is 34.4 Å². The Hall–Kier alpha value is -1.38. The van der Waals surface area contributed by atoms with Crippen LogP contribution in [0, 0.1) is 0 Å². The maximum Gasteiger partial charge on any atom is 0.234 e. The summed E-state index contributed by atoms with van der Waals surface area (Å²) in [5.74, 6) is 0.838. The highest BCUT2D eigenvalue weighted by Crippen LogP contribution is 2.37. The fourth-order valence-corrected chi connectivity index (χ4v) is 2.27. The molecule has 0 radical (unpaired) electrons. The molecule has 0 fully saturated rings. The van der Waals surface area contributed by atoms with E-state index in [-0.39, 0.29) is 5.41 Å². The SMILES string of the molecule is CC1(C)CCc2c1nc1ncccn21. The molecule has 1 aliphatic carbocycles. The van der Waals surface area contributed by atoms with Crippen molar-refractivity contribution < 1.29 is 0 Å². The van der Waals surface area contributed by atoms with Crippen molar-refractivity contribution >= 4 is 5.78 Å². The number of fused-ring (bicyclic) bond motifs is 3. The molecule has 3 heteroatoms. The maximum absolute atomic E-state index is 4.60. The largest absolute Gasteiger partial charge is 0.288 e. The van der Waals surface area contributed by atoms with Crippen LogP contribution < -0.4 is 0 Å². The average molecular weight is 187 g/mol. The van der Waals surface area contributed by atoms with Crippen LogP contribution in [0.25, 0.3) is 5.78 Å². The molecule has 0 saturated heterocycles. The van der Waals surface area contributed by atoms with Crippen molar-refractivity contribution in [3.05, 3.63) is 29.8 Å². The molecule has 0 atom stereocenters. The minimum atomic E-state index is 0.225. The zero-order chi connectivity index (χ0) is 9.76. The number of nitrogens with zero attached hydrogens (tertiary/aromatic N) is 3. The van der Waals surface area contributed by atoms with Crippen molar-refractivity contribution in [2.24, 2.45) is 0 Å². The van der Waals surface area contributed by atoms with E-state index in [1.165, 1.54) is 17.8 Å². The summed E-state index contributed by atoms with van der Waals surface area (Å²) in [4.78, 5) is 8.86. The predicted octanol–water partition coefficient (Wildman–Crippen LogP) is 1.95. The van der Waals surface area contributed by atoms with E-state index < -0.39 is 0 Å². The molecular weight excluding hydrogens is 174 g/mol. The number of hydrogen-bond acceptors (Lipinski definition) is 2. The molecule has 0 aromatic carbocycles. The molecule has 3 rings (SSSR count). The van der Waals surface area contributed by atoms with Crippen LogP contribution in [0.1, 0.15) is 31.7 Å². The topological polar surface area (TPSA) is 30.2 Å². The lowest BCUT2D eigenvalue weighted by molar-refractivity contribution is 0.509. The summed E-state index contributed by atoms with van der Waals surface area (Å²) in [6.45, 7) is 4.51. The highest BCUT2D eigenvalue weighted by atomic mass is 15.1. The molecule has 0 spiro atoms. The van der Waals surface area contributed by atoms with E-state index in [9.17, 15) is 0 Å². The van der Waals surface area contributed by atoms with Crippen LogP contribution in [0.15, 0.2) is 18.5 Å². The fraction of sp³-hybridized carbons (Fsp3) is 0.455. The van der Waals surface area contributed by atoms with Crippen LogP contribution in [-0.4, -0.2) is 14.4 Å². The van der Waals surface area contributed by atoms with Crippen molar-refractivity contribution in [2.45, 2.75) is 32.1 Å². The zero-order valence-corrected chi connectivity index (χ0v) is 8.49. The van der Waals surface area contributed by atoms with Crippen molar-refractivity contribution in [1.82, 2.24) is 14.4 Å². The van der Waals surface area contributed by atoms with Gasteiger partial charge in [-0.2, -0.15) is 0 Å². The minimum Gasteiger partial charge on any atom is -0.288 e. The summed E-state index contributed by atoms with van der Waals surface area (Å²) in [5.41, 5.74) is 2.80. The molecule has 0 bridgehead atoms. The van der Waals surface area contributed by atoms with Gasteiger partial charge in [0.25, 0.3) is 0 Å². The molecule has 1 aliphatic rings. The van der Waals surface area contributed by atoms with Gasteiger partial charge >= 0.3 is 0 Å². The Balaban J connectivity index is 2.37. The van der Waals surface area contributed by atoms with Crippen LogP contribution in [-0.2, 0) is 11.8 Å². The van der Waals surface area contributed by atoms with Gasteiger partial charge in [-0.15, -0.1) is 0 Å². The normalized spacial score (nSPS) is 18.7. The average Bonchev–Trinajstić information content (AvgIpc) is 2.65. The number of aromatic nitrogens is 3. The van der Waals surface area contributed by atoms with Gasteiger partial charge in [0.05, 0.1) is 5.69 Å². The third-order valence-corrected chi connectivity index (χ3v) is 3.13. The van der Waals surface area contributed by atoms with E-state index in [0.29, 0.717) is 0 Å². The van der Waals surface area contributed by atoms with E-state index in [4.69, 9.17) is 0 Å². The standard InChI is InChI=1S/C11H13N3/c1-11(2)5-4-8-9(11)13-10-12-6-3-7-14(8)10/h3,6-7H,4-5H2,1-2H3. The molecule has 0 N–H and O–H groups in total. The maximum atomic E-state index is 4.60. The first-order valence-corrected chi connectivity index (χ1v) is 5.01. The Morgan fingerprint density at radius 1 is 1.43 bits per heavy atom. The van der Waals surface area contributed by atoms with Crippen LogP contribution in [0.2, 0.25) is 0 Å². The van der Waals surface area contributed by atoms with Crippen molar-refractivity contribution in [3.63, 3.8) is 0 Å². The van der Waals surface area contributed by atoms with E-state index in [1.807, 2.05) is 6.07 Å². The summed E-state index contributed by atoms with van der Waals surface area (Å²) in [5, 5.41) is 0. The Bertz CT molecular complexity index is 496. The monoisotopic (exact) mass is 187 g/mol. The van der Waals surface area contributed by atoms with E-state index in [1.54, 1.807) is 6.20 Å². The second-order valence-corrected chi connectivity index (χ2v) is 4.58. The molecule has 2 aromatic heterocycles. The number of aryl methyl sites for hydroxylation is 1. The highest BCUT2D eigenvalue weighted by molar-refractivity contribution is 5.41. The molecule has 72 valence electrons. The van der Waals surface area contributed by atoms with Gasteiger partial charge in [0, 0.05) is 23.5 Å². The van der Waals surface area contributed by atoms with Gasteiger partial charge in [0.1, 0.15) is 0 Å². The van der Waals surface area contributed by atoms with Gasteiger partial charge in [-0.3, -0.25) is 4.40 Å². The Labute approximate surface area is 82.8 Å². The van der Waals surface area contributed by atoms with Gasteiger partial charge in [0.15, 0.2) is 0 Å². The molecule has 0 saturated carbocycles. The summed E-state index contributed by atoms with van der Waals surface area (Å²) < 4.78 is 2.12. The lowest BCUT2D eigenvalue weighted by atomic mass is 9.91. The molecule has 2 heterocycles. The minimum absolute atomic E-state index is 0.225. The lowest BCUT2D eigenvalue weighted by Gasteiger charge is -2.14. The zero-order valence-electron chi connectivity index (χ0n) is 8.49.